The Labute approximate surface area is 88.3 Å². The number of alkyl halides is 3. The van der Waals surface area contributed by atoms with Crippen molar-refractivity contribution >= 4 is 19.7 Å². The smallest absolute Gasteiger partial charge is 0.250 e. The van der Waals surface area contributed by atoms with Gasteiger partial charge in [-0.15, -0.1) is 0 Å². The summed E-state index contributed by atoms with van der Waals surface area (Å²) in [5, 5.41) is 0. The lowest BCUT2D eigenvalue weighted by Gasteiger charge is -2.07. The molecule has 1 aromatic rings. The molecule has 15 heavy (non-hydrogen) atoms. The molecular formula is C7H5ClF3NO2S. The fourth-order valence-corrected chi connectivity index (χ4v) is 2.06. The van der Waals surface area contributed by atoms with Crippen molar-refractivity contribution < 1.29 is 21.6 Å². The molecule has 0 saturated heterocycles. The lowest BCUT2D eigenvalue weighted by molar-refractivity contribution is -0.141. The Morgan fingerprint density at radius 3 is 2.27 bits per heavy atom. The number of rotatable bonds is 1. The van der Waals surface area contributed by atoms with Gasteiger partial charge in [0.1, 0.15) is 10.6 Å². The third kappa shape index (κ3) is 2.82. The van der Waals surface area contributed by atoms with Crippen LogP contribution in [0.15, 0.2) is 17.2 Å². The maximum atomic E-state index is 12.2. The molecule has 1 rings (SSSR count). The lowest BCUT2D eigenvalue weighted by atomic mass is 10.2. The average molecular weight is 260 g/mol. The molecule has 0 bridgehead atoms. The zero-order valence-electron chi connectivity index (χ0n) is 7.34. The highest BCUT2D eigenvalue weighted by Gasteiger charge is 2.33. The molecular weight excluding hydrogens is 255 g/mol. The number of nitrogens with zero attached hydrogens (tertiary/aromatic N) is 1. The number of halogens is 4. The molecule has 0 N–H and O–H groups in total. The van der Waals surface area contributed by atoms with Crippen molar-refractivity contribution in [2.45, 2.75) is 18.0 Å². The third-order valence-corrected chi connectivity index (χ3v) is 3.07. The van der Waals surface area contributed by atoms with Crippen LogP contribution in [0.2, 0.25) is 0 Å². The van der Waals surface area contributed by atoms with Gasteiger partial charge in [0.15, 0.2) is 0 Å². The van der Waals surface area contributed by atoms with Gasteiger partial charge in [0.05, 0.1) is 0 Å². The minimum Gasteiger partial charge on any atom is -0.250 e. The van der Waals surface area contributed by atoms with Crippen molar-refractivity contribution in [3.8, 4) is 0 Å². The van der Waals surface area contributed by atoms with E-state index in [1.54, 1.807) is 0 Å². The van der Waals surface area contributed by atoms with Crippen molar-refractivity contribution in [2.75, 3.05) is 0 Å². The Kier molecular flexibility index (Phi) is 2.97. The normalized spacial score (nSPS) is 12.9. The molecule has 0 radical (unpaired) electrons. The van der Waals surface area contributed by atoms with Crippen LogP contribution in [0, 0.1) is 6.92 Å². The van der Waals surface area contributed by atoms with Crippen molar-refractivity contribution in [3.05, 3.63) is 23.5 Å². The SMILES string of the molecule is Cc1cc(C(F)(F)F)ncc1S(=O)(=O)Cl. The highest BCUT2D eigenvalue weighted by Crippen LogP contribution is 2.29. The summed E-state index contributed by atoms with van der Waals surface area (Å²) in [6.07, 6.45) is -4.00. The second-order valence-corrected chi connectivity index (χ2v) is 5.31. The summed E-state index contributed by atoms with van der Waals surface area (Å²) in [5.41, 5.74) is -1.24. The monoisotopic (exact) mass is 259 g/mol. The van der Waals surface area contributed by atoms with Gasteiger partial charge < -0.3 is 0 Å². The standard InChI is InChI=1S/C7H5ClF3NO2S/c1-4-2-6(7(9,10)11)12-3-5(4)15(8,13)14/h2-3H,1H3. The molecule has 0 aliphatic carbocycles. The fourth-order valence-electron chi connectivity index (χ4n) is 0.954. The van der Waals surface area contributed by atoms with E-state index < -0.39 is 25.8 Å². The van der Waals surface area contributed by atoms with Gasteiger partial charge in [-0.2, -0.15) is 13.2 Å². The van der Waals surface area contributed by atoms with Crippen LogP contribution in [0.25, 0.3) is 0 Å². The summed E-state index contributed by atoms with van der Waals surface area (Å²) in [6, 6.07) is 0.634. The van der Waals surface area contributed by atoms with E-state index in [9.17, 15) is 21.6 Å². The summed E-state index contributed by atoms with van der Waals surface area (Å²) in [4.78, 5) is 2.57. The number of hydrogen-bond donors (Lipinski definition) is 0. The van der Waals surface area contributed by atoms with Gasteiger partial charge in [-0.3, -0.25) is 4.98 Å². The molecule has 0 unspecified atom stereocenters. The fraction of sp³-hybridized carbons (Fsp3) is 0.286. The van der Waals surface area contributed by atoms with E-state index in [0.29, 0.717) is 12.3 Å². The van der Waals surface area contributed by atoms with Crippen molar-refractivity contribution in [1.82, 2.24) is 4.98 Å². The minimum atomic E-state index is -4.60. The van der Waals surface area contributed by atoms with Crippen molar-refractivity contribution in [2.24, 2.45) is 0 Å². The topological polar surface area (TPSA) is 47.0 Å². The van der Waals surface area contributed by atoms with Crippen LogP contribution in [-0.4, -0.2) is 13.4 Å². The first-order valence-electron chi connectivity index (χ1n) is 3.61. The first kappa shape index (κ1) is 12.3. The first-order valence-corrected chi connectivity index (χ1v) is 5.92. The minimum absolute atomic E-state index is 0.0904. The first-order chi connectivity index (χ1) is 6.62. The largest absolute Gasteiger partial charge is 0.433 e. The number of hydrogen-bond acceptors (Lipinski definition) is 3. The second-order valence-electron chi connectivity index (χ2n) is 2.77. The summed E-state index contributed by atoms with van der Waals surface area (Å²) < 4.78 is 58.2. The van der Waals surface area contributed by atoms with Gasteiger partial charge >= 0.3 is 6.18 Å². The molecule has 0 amide bonds. The van der Waals surface area contributed by atoms with E-state index in [1.165, 1.54) is 6.92 Å². The van der Waals surface area contributed by atoms with Crippen LogP contribution in [0.3, 0.4) is 0 Å². The molecule has 3 nitrogen and oxygen atoms in total. The third-order valence-electron chi connectivity index (χ3n) is 1.62. The van der Waals surface area contributed by atoms with E-state index in [4.69, 9.17) is 10.7 Å². The van der Waals surface area contributed by atoms with E-state index in [-0.39, 0.29) is 5.56 Å². The molecule has 0 fully saturated rings. The Bertz CT molecular complexity index is 483. The second kappa shape index (κ2) is 3.64. The molecule has 0 atom stereocenters. The van der Waals surface area contributed by atoms with Gasteiger partial charge in [-0.05, 0) is 18.6 Å². The van der Waals surface area contributed by atoms with E-state index >= 15 is 0 Å². The van der Waals surface area contributed by atoms with Gasteiger partial charge in [0.25, 0.3) is 9.05 Å². The highest BCUT2D eigenvalue weighted by molar-refractivity contribution is 8.13. The van der Waals surface area contributed by atoms with E-state index in [2.05, 4.69) is 4.98 Å². The maximum absolute atomic E-state index is 12.2. The number of pyridine rings is 1. The molecule has 84 valence electrons. The Balaban J connectivity index is 3.34. The summed E-state index contributed by atoms with van der Waals surface area (Å²) >= 11 is 0. The molecule has 0 aliphatic rings. The molecule has 0 saturated carbocycles. The summed E-state index contributed by atoms with van der Waals surface area (Å²) in [7, 11) is 0.928. The Morgan fingerprint density at radius 1 is 1.40 bits per heavy atom. The molecule has 1 aromatic heterocycles. The van der Waals surface area contributed by atoms with Crippen LogP contribution in [0.1, 0.15) is 11.3 Å². The van der Waals surface area contributed by atoms with E-state index in [1.807, 2.05) is 0 Å². The van der Waals surface area contributed by atoms with Crippen LogP contribution in [-0.2, 0) is 15.2 Å². The number of aryl methyl sites for hydroxylation is 1. The predicted molar refractivity (Wildman–Crippen MR) is 47.0 cm³/mol. The molecule has 0 aromatic carbocycles. The average Bonchev–Trinajstić information content (AvgIpc) is 1.99. The van der Waals surface area contributed by atoms with Crippen LogP contribution in [0.5, 0.6) is 0 Å². The van der Waals surface area contributed by atoms with Crippen LogP contribution >= 0.6 is 10.7 Å². The van der Waals surface area contributed by atoms with Gasteiger partial charge in [-0.1, -0.05) is 0 Å². The molecule has 0 spiro atoms. The van der Waals surface area contributed by atoms with Gasteiger partial charge in [0, 0.05) is 16.9 Å². The van der Waals surface area contributed by atoms with Gasteiger partial charge in [0.2, 0.25) is 0 Å². The van der Waals surface area contributed by atoms with Gasteiger partial charge in [-0.25, -0.2) is 8.42 Å². The lowest BCUT2D eigenvalue weighted by Crippen LogP contribution is -2.09. The summed E-state index contributed by atoms with van der Waals surface area (Å²) in [5.74, 6) is 0. The predicted octanol–water partition coefficient (Wildman–Crippen LogP) is 2.34. The summed E-state index contributed by atoms with van der Waals surface area (Å²) in [6.45, 7) is 1.21. The van der Waals surface area contributed by atoms with E-state index in [0.717, 1.165) is 0 Å². The number of aromatic nitrogens is 1. The van der Waals surface area contributed by atoms with Crippen molar-refractivity contribution in [1.29, 1.82) is 0 Å². The molecule has 0 aliphatic heterocycles. The van der Waals surface area contributed by atoms with Crippen LogP contribution < -0.4 is 0 Å². The zero-order valence-corrected chi connectivity index (χ0v) is 8.91. The Hall–Kier alpha value is -0.820. The quantitative estimate of drug-likeness (QED) is 0.727. The highest BCUT2D eigenvalue weighted by atomic mass is 35.7. The maximum Gasteiger partial charge on any atom is 0.433 e. The van der Waals surface area contributed by atoms with Crippen LogP contribution in [0.4, 0.5) is 13.2 Å². The zero-order chi connectivity index (χ0) is 11.9. The molecule has 1 heterocycles. The molecule has 8 heteroatoms. The Morgan fingerprint density at radius 2 is 1.93 bits per heavy atom. The van der Waals surface area contributed by atoms with Crippen molar-refractivity contribution in [3.63, 3.8) is 0 Å².